The van der Waals surface area contributed by atoms with E-state index in [1.165, 1.54) is 5.56 Å². The zero-order valence-corrected chi connectivity index (χ0v) is 11.3. The fraction of sp³-hybridized carbons (Fsp3) is 0.312. The molecule has 0 amide bonds. The van der Waals surface area contributed by atoms with Gasteiger partial charge in [-0.3, -0.25) is 4.98 Å². The molecule has 0 radical (unpaired) electrons. The largest absolute Gasteiger partial charge is 0.493 e. The van der Waals surface area contributed by atoms with Gasteiger partial charge < -0.3 is 10.5 Å². The first-order valence-electron chi connectivity index (χ1n) is 6.60. The van der Waals surface area contributed by atoms with Gasteiger partial charge in [0, 0.05) is 17.8 Å². The summed E-state index contributed by atoms with van der Waals surface area (Å²) in [6.07, 6.45) is 2.69. The van der Waals surface area contributed by atoms with Crippen molar-refractivity contribution >= 4 is 0 Å². The molecule has 19 heavy (non-hydrogen) atoms. The molecule has 1 heterocycles. The summed E-state index contributed by atoms with van der Waals surface area (Å²) in [5.74, 6) is 1.14. The third kappa shape index (κ3) is 4.07. The van der Waals surface area contributed by atoms with Crippen LogP contribution in [0.2, 0.25) is 0 Å². The Balaban J connectivity index is 1.99. The molecular weight excluding hydrogens is 236 g/mol. The summed E-state index contributed by atoms with van der Waals surface area (Å²) in [5.41, 5.74) is 7.95. The lowest BCUT2D eigenvalue weighted by atomic mass is 10.0. The monoisotopic (exact) mass is 256 g/mol. The summed E-state index contributed by atoms with van der Waals surface area (Å²) in [6, 6.07) is 14.0. The molecule has 1 atom stereocenters. The van der Waals surface area contributed by atoms with Crippen LogP contribution in [-0.4, -0.2) is 18.1 Å². The van der Waals surface area contributed by atoms with Crippen LogP contribution in [0.3, 0.4) is 0 Å². The summed E-state index contributed by atoms with van der Waals surface area (Å²) in [5, 5.41) is 0. The van der Waals surface area contributed by atoms with Gasteiger partial charge in [-0.1, -0.05) is 23.8 Å². The van der Waals surface area contributed by atoms with E-state index in [9.17, 15) is 0 Å². The van der Waals surface area contributed by atoms with Gasteiger partial charge in [0.05, 0.1) is 6.61 Å². The fourth-order valence-corrected chi connectivity index (χ4v) is 1.97. The van der Waals surface area contributed by atoms with Gasteiger partial charge in [0.2, 0.25) is 0 Å². The van der Waals surface area contributed by atoms with Crippen LogP contribution in [0.4, 0.5) is 0 Å². The molecule has 3 heteroatoms. The third-order valence-corrected chi connectivity index (χ3v) is 3.09. The van der Waals surface area contributed by atoms with Gasteiger partial charge in [0.1, 0.15) is 5.75 Å². The SMILES string of the molecule is Cc1ccc(OCC(CCN)c2ccccn2)cc1. The minimum Gasteiger partial charge on any atom is -0.493 e. The van der Waals surface area contributed by atoms with Gasteiger partial charge in [0.25, 0.3) is 0 Å². The van der Waals surface area contributed by atoms with Crippen LogP contribution in [0.15, 0.2) is 48.7 Å². The van der Waals surface area contributed by atoms with Gasteiger partial charge in [-0.15, -0.1) is 0 Å². The first-order valence-corrected chi connectivity index (χ1v) is 6.60. The summed E-state index contributed by atoms with van der Waals surface area (Å²) in [7, 11) is 0. The molecule has 0 bridgehead atoms. The molecule has 100 valence electrons. The van der Waals surface area contributed by atoms with Crippen molar-refractivity contribution in [2.75, 3.05) is 13.2 Å². The van der Waals surface area contributed by atoms with Gasteiger partial charge in [0.15, 0.2) is 0 Å². The average molecular weight is 256 g/mol. The molecule has 2 N–H and O–H groups in total. The maximum Gasteiger partial charge on any atom is 0.119 e. The first kappa shape index (κ1) is 13.6. The fourth-order valence-electron chi connectivity index (χ4n) is 1.97. The van der Waals surface area contributed by atoms with Crippen LogP contribution >= 0.6 is 0 Å². The maximum atomic E-state index is 5.83. The van der Waals surface area contributed by atoms with Gasteiger partial charge in [-0.25, -0.2) is 0 Å². The highest BCUT2D eigenvalue weighted by molar-refractivity contribution is 5.26. The van der Waals surface area contributed by atoms with Crippen LogP contribution in [-0.2, 0) is 0 Å². The summed E-state index contributed by atoms with van der Waals surface area (Å²) >= 11 is 0. The molecule has 2 aromatic rings. The molecule has 1 aromatic heterocycles. The van der Waals surface area contributed by atoms with E-state index in [1.807, 2.05) is 48.7 Å². The number of hydrogen-bond acceptors (Lipinski definition) is 3. The summed E-state index contributed by atoms with van der Waals surface area (Å²) in [6.45, 7) is 3.31. The standard InChI is InChI=1S/C16H20N2O/c1-13-5-7-15(8-6-13)19-12-14(9-10-17)16-4-2-3-11-18-16/h2-8,11,14H,9-10,12,17H2,1H3. The highest BCUT2D eigenvalue weighted by atomic mass is 16.5. The highest BCUT2D eigenvalue weighted by Gasteiger charge is 2.12. The zero-order valence-electron chi connectivity index (χ0n) is 11.3. The first-order chi connectivity index (χ1) is 9.29. The second kappa shape index (κ2) is 6.90. The number of aromatic nitrogens is 1. The van der Waals surface area contributed by atoms with Crippen molar-refractivity contribution in [3.63, 3.8) is 0 Å². The number of hydrogen-bond donors (Lipinski definition) is 1. The topological polar surface area (TPSA) is 48.1 Å². The minimum atomic E-state index is 0.243. The van der Waals surface area contributed by atoms with E-state index in [0.29, 0.717) is 13.2 Å². The van der Waals surface area contributed by atoms with Crippen molar-refractivity contribution in [3.05, 3.63) is 59.9 Å². The smallest absolute Gasteiger partial charge is 0.119 e. The normalized spacial score (nSPS) is 12.1. The lowest BCUT2D eigenvalue weighted by Gasteiger charge is -2.16. The number of benzene rings is 1. The molecule has 3 nitrogen and oxygen atoms in total. The molecule has 0 aliphatic carbocycles. The Hall–Kier alpha value is -1.87. The van der Waals surface area contributed by atoms with E-state index in [0.717, 1.165) is 17.9 Å². The van der Waals surface area contributed by atoms with Crippen LogP contribution < -0.4 is 10.5 Å². The number of nitrogens with two attached hydrogens (primary N) is 1. The Bertz CT molecular complexity index is 482. The molecule has 2 rings (SSSR count). The summed E-state index contributed by atoms with van der Waals surface area (Å²) in [4.78, 5) is 4.39. The van der Waals surface area contributed by atoms with E-state index in [4.69, 9.17) is 10.5 Å². The van der Waals surface area contributed by atoms with Crippen molar-refractivity contribution in [2.24, 2.45) is 5.73 Å². The van der Waals surface area contributed by atoms with Crippen LogP contribution in [0.25, 0.3) is 0 Å². The minimum absolute atomic E-state index is 0.243. The Morgan fingerprint density at radius 2 is 1.95 bits per heavy atom. The van der Waals surface area contributed by atoms with E-state index in [-0.39, 0.29) is 5.92 Å². The zero-order chi connectivity index (χ0) is 13.5. The highest BCUT2D eigenvalue weighted by Crippen LogP contribution is 2.19. The second-order valence-corrected chi connectivity index (χ2v) is 4.65. The number of aryl methyl sites for hydroxylation is 1. The molecule has 0 aliphatic rings. The van der Waals surface area contributed by atoms with Gasteiger partial charge in [-0.05, 0) is 44.2 Å². The second-order valence-electron chi connectivity index (χ2n) is 4.65. The van der Waals surface area contributed by atoms with Crippen LogP contribution in [0.1, 0.15) is 23.6 Å². The number of nitrogens with zero attached hydrogens (tertiary/aromatic N) is 1. The molecule has 1 unspecified atom stereocenters. The van der Waals surface area contributed by atoms with Crippen LogP contribution in [0.5, 0.6) is 5.75 Å². The molecule has 0 saturated carbocycles. The molecule has 1 aromatic carbocycles. The van der Waals surface area contributed by atoms with Crippen molar-refractivity contribution < 1.29 is 4.74 Å². The Labute approximate surface area is 114 Å². The van der Waals surface area contributed by atoms with E-state index < -0.39 is 0 Å². The van der Waals surface area contributed by atoms with Crippen molar-refractivity contribution in [1.29, 1.82) is 0 Å². The summed E-state index contributed by atoms with van der Waals surface area (Å²) < 4.78 is 5.83. The van der Waals surface area contributed by atoms with E-state index in [2.05, 4.69) is 11.9 Å². The van der Waals surface area contributed by atoms with E-state index >= 15 is 0 Å². The average Bonchev–Trinajstić information content (AvgIpc) is 2.46. The predicted octanol–water partition coefficient (Wildman–Crippen LogP) is 2.90. The molecular formula is C16H20N2O. The predicted molar refractivity (Wildman–Crippen MR) is 77.3 cm³/mol. The number of ether oxygens (including phenoxy) is 1. The Kier molecular flexibility index (Phi) is 4.93. The van der Waals surface area contributed by atoms with E-state index in [1.54, 1.807) is 0 Å². The van der Waals surface area contributed by atoms with Crippen molar-refractivity contribution in [2.45, 2.75) is 19.3 Å². The lowest BCUT2D eigenvalue weighted by molar-refractivity contribution is 0.280. The lowest BCUT2D eigenvalue weighted by Crippen LogP contribution is -2.16. The molecule has 0 fully saturated rings. The molecule has 0 saturated heterocycles. The Morgan fingerprint density at radius 1 is 1.16 bits per heavy atom. The quantitative estimate of drug-likeness (QED) is 0.864. The van der Waals surface area contributed by atoms with Crippen molar-refractivity contribution in [3.8, 4) is 5.75 Å². The number of rotatable bonds is 6. The number of pyridine rings is 1. The van der Waals surface area contributed by atoms with Gasteiger partial charge >= 0.3 is 0 Å². The molecule has 0 aliphatic heterocycles. The molecule has 0 spiro atoms. The van der Waals surface area contributed by atoms with Gasteiger partial charge in [-0.2, -0.15) is 0 Å². The Morgan fingerprint density at radius 3 is 2.58 bits per heavy atom. The van der Waals surface area contributed by atoms with Crippen molar-refractivity contribution in [1.82, 2.24) is 4.98 Å². The van der Waals surface area contributed by atoms with Crippen LogP contribution in [0, 0.1) is 6.92 Å². The maximum absolute atomic E-state index is 5.83. The third-order valence-electron chi connectivity index (χ3n) is 3.09.